The Labute approximate surface area is 136 Å². The normalized spacial score (nSPS) is 22.8. The number of rotatable bonds is 3. The summed E-state index contributed by atoms with van der Waals surface area (Å²) >= 11 is 0. The molecule has 0 radical (unpaired) electrons. The zero-order valence-corrected chi connectivity index (χ0v) is 13.3. The molecule has 5 heteroatoms. The van der Waals surface area contributed by atoms with Gasteiger partial charge in [0.25, 0.3) is 0 Å². The highest BCUT2D eigenvalue weighted by atomic mass is 16.3. The molecule has 0 bridgehead atoms. The molecular formula is C18H23N3O2. The number of nitrogens with one attached hydrogen (secondary N) is 1. The molecule has 1 atom stereocenters. The van der Waals surface area contributed by atoms with Gasteiger partial charge in [-0.25, -0.2) is 0 Å². The number of anilines is 1. The maximum atomic E-state index is 12.7. The zero-order valence-electron chi connectivity index (χ0n) is 13.3. The van der Waals surface area contributed by atoms with Gasteiger partial charge in [0.2, 0.25) is 5.91 Å². The molecule has 2 aliphatic rings. The fourth-order valence-electron chi connectivity index (χ4n) is 4.00. The molecule has 1 saturated heterocycles. The summed E-state index contributed by atoms with van der Waals surface area (Å²) in [6.07, 6.45) is 5.49. The molecule has 1 spiro atoms. The second-order valence-electron chi connectivity index (χ2n) is 6.56. The maximum Gasteiger partial charge on any atom is 0.242 e. The Balaban J connectivity index is 1.64. The third-order valence-electron chi connectivity index (χ3n) is 5.26. The fourth-order valence-corrected chi connectivity index (χ4v) is 4.00. The van der Waals surface area contributed by atoms with Crippen LogP contribution in [0.4, 0.5) is 5.69 Å². The molecule has 5 nitrogen and oxygen atoms in total. The van der Waals surface area contributed by atoms with Crippen LogP contribution in [0.2, 0.25) is 0 Å². The highest BCUT2D eigenvalue weighted by Gasteiger charge is 2.50. The Bertz CT molecular complexity index is 600. The molecular weight excluding hydrogens is 290 g/mol. The summed E-state index contributed by atoms with van der Waals surface area (Å²) < 4.78 is 0. The van der Waals surface area contributed by atoms with Crippen molar-refractivity contribution in [3.63, 3.8) is 0 Å². The lowest BCUT2D eigenvalue weighted by molar-refractivity contribution is -0.137. The molecule has 1 saturated carbocycles. The summed E-state index contributed by atoms with van der Waals surface area (Å²) in [7, 11) is 0. The predicted octanol–water partition coefficient (Wildman–Crippen LogP) is 2.27. The Morgan fingerprint density at radius 3 is 2.65 bits per heavy atom. The summed E-state index contributed by atoms with van der Waals surface area (Å²) in [4.78, 5) is 14.6. The first-order valence-electron chi connectivity index (χ1n) is 8.38. The van der Waals surface area contributed by atoms with Gasteiger partial charge in [-0.3, -0.25) is 4.79 Å². The van der Waals surface area contributed by atoms with Gasteiger partial charge in [-0.1, -0.05) is 19.3 Å². The minimum atomic E-state index is -0.387. The van der Waals surface area contributed by atoms with Crippen LogP contribution in [-0.2, 0) is 4.79 Å². The van der Waals surface area contributed by atoms with E-state index < -0.39 is 0 Å². The standard InChI is InChI=1S/C18H23N3O2/c19-12-14-4-6-15(7-5-14)20-13-17(23)21-11-8-16(22)18(21)9-2-1-3-10-18/h4-7,16,20,22H,1-3,8-11,13H2. The average Bonchev–Trinajstić information content (AvgIpc) is 2.90. The molecule has 1 aliphatic carbocycles. The summed E-state index contributed by atoms with van der Waals surface area (Å²) in [5.41, 5.74) is 1.10. The first-order valence-corrected chi connectivity index (χ1v) is 8.38. The summed E-state index contributed by atoms with van der Waals surface area (Å²) in [5.74, 6) is 0.0489. The molecule has 23 heavy (non-hydrogen) atoms. The van der Waals surface area contributed by atoms with E-state index >= 15 is 0 Å². The summed E-state index contributed by atoms with van der Waals surface area (Å²) in [5, 5.41) is 22.3. The topological polar surface area (TPSA) is 76.4 Å². The molecule has 1 heterocycles. The van der Waals surface area contributed by atoms with E-state index in [1.165, 1.54) is 6.42 Å². The van der Waals surface area contributed by atoms with Crippen LogP contribution in [0.5, 0.6) is 0 Å². The van der Waals surface area contributed by atoms with Crippen molar-refractivity contribution in [2.75, 3.05) is 18.4 Å². The lowest BCUT2D eigenvalue weighted by Crippen LogP contribution is -2.55. The second kappa shape index (κ2) is 6.59. The number of nitriles is 1. The van der Waals surface area contributed by atoms with Crippen LogP contribution < -0.4 is 5.32 Å². The van der Waals surface area contributed by atoms with Gasteiger partial charge >= 0.3 is 0 Å². The zero-order chi connectivity index (χ0) is 16.3. The van der Waals surface area contributed by atoms with Crippen LogP contribution in [0.15, 0.2) is 24.3 Å². The van der Waals surface area contributed by atoms with E-state index in [0.717, 1.165) is 31.4 Å². The van der Waals surface area contributed by atoms with Gasteiger partial charge in [0, 0.05) is 12.2 Å². The van der Waals surface area contributed by atoms with E-state index in [9.17, 15) is 9.90 Å². The number of aliphatic hydroxyl groups is 1. The number of nitrogens with zero attached hydrogens (tertiary/aromatic N) is 2. The molecule has 1 aliphatic heterocycles. The number of carbonyl (C=O) groups is 1. The Morgan fingerprint density at radius 2 is 2.00 bits per heavy atom. The molecule has 3 rings (SSSR count). The largest absolute Gasteiger partial charge is 0.391 e. The van der Waals surface area contributed by atoms with E-state index in [1.54, 1.807) is 24.3 Å². The van der Waals surface area contributed by atoms with E-state index in [4.69, 9.17) is 5.26 Å². The van der Waals surface area contributed by atoms with E-state index in [0.29, 0.717) is 18.5 Å². The molecule has 1 aromatic rings. The fraction of sp³-hybridized carbons (Fsp3) is 0.556. The van der Waals surface area contributed by atoms with Gasteiger partial charge in [0.1, 0.15) is 0 Å². The van der Waals surface area contributed by atoms with E-state index in [2.05, 4.69) is 11.4 Å². The number of hydrogen-bond acceptors (Lipinski definition) is 4. The van der Waals surface area contributed by atoms with Crippen LogP contribution in [0, 0.1) is 11.3 Å². The molecule has 0 aromatic heterocycles. The lowest BCUT2D eigenvalue weighted by Gasteiger charge is -2.43. The van der Waals surface area contributed by atoms with Crippen molar-refractivity contribution in [3.8, 4) is 6.07 Å². The summed E-state index contributed by atoms with van der Waals surface area (Å²) in [6.45, 7) is 0.870. The highest BCUT2D eigenvalue weighted by molar-refractivity contribution is 5.82. The van der Waals surface area contributed by atoms with Crippen LogP contribution in [-0.4, -0.2) is 40.6 Å². The number of aliphatic hydroxyl groups excluding tert-OH is 1. The lowest BCUT2D eigenvalue weighted by atomic mass is 9.78. The average molecular weight is 313 g/mol. The van der Waals surface area contributed by atoms with Crippen LogP contribution in [0.25, 0.3) is 0 Å². The van der Waals surface area contributed by atoms with Crippen molar-refractivity contribution >= 4 is 11.6 Å². The van der Waals surface area contributed by atoms with Crippen LogP contribution >= 0.6 is 0 Å². The predicted molar refractivity (Wildman–Crippen MR) is 87.8 cm³/mol. The number of benzene rings is 1. The maximum absolute atomic E-state index is 12.7. The number of likely N-dealkylation sites (tertiary alicyclic amines) is 1. The first-order chi connectivity index (χ1) is 11.2. The van der Waals surface area contributed by atoms with Crippen molar-refractivity contribution in [2.45, 2.75) is 50.2 Å². The Hall–Kier alpha value is -2.06. The van der Waals surface area contributed by atoms with Gasteiger partial charge in [-0.2, -0.15) is 5.26 Å². The van der Waals surface area contributed by atoms with Gasteiger partial charge in [-0.15, -0.1) is 0 Å². The third-order valence-corrected chi connectivity index (χ3v) is 5.26. The van der Waals surface area contributed by atoms with Gasteiger partial charge in [0.15, 0.2) is 0 Å². The quantitative estimate of drug-likeness (QED) is 0.897. The number of amides is 1. The molecule has 2 N–H and O–H groups in total. The molecule has 1 aromatic carbocycles. The SMILES string of the molecule is N#Cc1ccc(NCC(=O)N2CCC(O)C23CCCCC3)cc1. The molecule has 1 amide bonds. The highest BCUT2D eigenvalue weighted by Crippen LogP contribution is 2.41. The second-order valence-corrected chi connectivity index (χ2v) is 6.56. The van der Waals surface area contributed by atoms with Crippen molar-refractivity contribution in [1.82, 2.24) is 4.90 Å². The van der Waals surface area contributed by atoms with Gasteiger partial charge in [-0.05, 0) is 43.5 Å². The monoisotopic (exact) mass is 313 g/mol. The van der Waals surface area contributed by atoms with E-state index in [-0.39, 0.29) is 24.1 Å². The number of hydrogen-bond donors (Lipinski definition) is 2. The van der Waals surface area contributed by atoms with Gasteiger partial charge in [0.05, 0.1) is 29.8 Å². The summed E-state index contributed by atoms with van der Waals surface area (Å²) in [6, 6.07) is 9.15. The first kappa shape index (κ1) is 15.8. The molecule has 122 valence electrons. The van der Waals surface area contributed by atoms with Crippen molar-refractivity contribution in [2.24, 2.45) is 0 Å². The van der Waals surface area contributed by atoms with Crippen molar-refractivity contribution < 1.29 is 9.90 Å². The number of carbonyl (C=O) groups excluding carboxylic acids is 1. The van der Waals surface area contributed by atoms with Crippen LogP contribution in [0.1, 0.15) is 44.1 Å². The molecule has 1 unspecified atom stereocenters. The van der Waals surface area contributed by atoms with Crippen molar-refractivity contribution in [3.05, 3.63) is 29.8 Å². The minimum absolute atomic E-state index is 0.0489. The van der Waals surface area contributed by atoms with Crippen molar-refractivity contribution in [1.29, 1.82) is 5.26 Å². The minimum Gasteiger partial charge on any atom is -0.391 e. The third kappa shape index (κ3) is 3.04. The Morgan fingerprint density at radius 1 is 1.30 bits per heavy atom. The van der Waals surface area contributed by atoms with E-state index in [1.807, 2.05) is 4.90 Å². The molecule has 2 fully saturated rings. The van der Waals surface area contributed by atoms with Crippen LogP contribution in [0.3, 0.4) is 0 Å². The smallest absolute Gasteiger partial charge is 0.242 e. The van der Waals surface area contributed by atoms with Gasteiger partial charge < -0.3 is 15.3 Å². The Kier molecular flexibility index (Phi) is 4.53.